The Bertz CT molecular complexity index is 1700. The van der Waals surface area contributed by atoms with E-state index in [9.17, 15) is 9.59 Å². The number of carbonyl (C=O) groups is 2. The van der Waals surface area contributed by atoms with Gasteiger partial charge < -0.3 is 19.1 Å². The van der Waals surface area contributed by atoms with Gasteiger partial charge in [-0.15, -0.1) is 0 Å². The van der Waals surface area contributed by atoms with Crippen LogP contribution in [-0.2, 0) is 26.2 Å². The number of rotatable bonds is 8. The third kappa shape index (κ3) is 5.57. The molecule has 7 rings (SSSR count). The van der Waals surface area contributed by atoms with Gasteiger partial charge in [0.1, 0.15) is 12.2 Å². The lowest BCUT2D eigenvalue weighted by molar-refractivity contribution is -0.151. The van der Waals surface area contributed by atoms with Crippen LogP contribution in [0.15, 0.2) is 72.8 Å². The number of nitrogens with zero attached hydrogens (tertiary/aromatic N) is 2. The molecule has 0 aromatic heterocycles. The summed E-state index contributed by atoms with van der Waals surface area (Å²) in [5.74, 6) is 7.90. The molecule has 2 aliphatic carbocycles. The molecule has 1 saturated carbocycles. The standard InChI is InChI=1S/C40H44N2O5/c1-26(2)24-42(36(44)20-15-28-11-7-5-8-12-28)32-18-17-31-33-23-30-16-19-34(45-4)38-37(30)40(31,39(32)47-38)21-22-41(33)25-35(46-27(3)43)29-13-9-6-10-14-29/h5-14,16,19,26,31-33,35,39H,17-18,21-25H2,1-4H3/t31-,32+,33+,35?,39-,40-/m0/s1. The molecule has 244 valence electrons. The summed E-state index contributed by atoms with van der Waals surface area (Å²) in [5.41, 5.74) is 4.18. The first-order valence-corrected chi connectivity index (χ1v) is 17.0. The number of likely N-dealkylation sites (tertiary alicyclic amines) is 1. The van der Waals surface area contributed by atoms with Crippen molar-refractivity contribution in [2.24, 2.45) is 11.8 Å². The number of methoxy groups -OCH3 is 1. The summed E-state index contributed by atoms with van der Waals surface area (Å²) in [6.07, 6.45) is 3.06. The molecular weight excluding hydrogens is 588 g/mol. The van der Waals surface area contributed by atoms with Crippen LogP contribution >= 0.6 is 0 Å². The minimum atomic E-state index is -0.343. The molecule has 2 heterocycles. The van der Waals surface area contributed by atoms with Crippen LogP contribution in [0.2, 0.25) is 0 Å². The summed E-state index contributed by atoms with van der Waals surface area (Å²) in [6, 6.07) is 24.2. The van der Waals surface area contributed by atoms with Crippen molar-refractivity contribution in [2.45, 2.75) is 76.2 Å². The molecule has 1 unspecified atom stereocenters. The first-order chi connectivity index (χ1) is 22.8. The van der Waals surface area contributed by atoms with Crippen molar-refractivity contribution in [3.8, 4) is 23.3 Å². The van der Waals surface area contributed by atoms with Crippen molar-refractivity contribution >= 4 is 11.9 Å². The van der Waals surface area contributed by atoms with E-state index in [0.29, 0.717) is 19.0 Å². The summed E-state index contributed by atoms with van der Waals surface area (Å²) in [5, 5.41) is 0. The Hall–Kier alpha value is -4.28. The molecule has 1 amide bonds. The van der Waals surface area contributed by atoms with Crippen molar-refractivity contribution in [2.75, 3.05) is 26.7 Å². The van der Waals surface area contributed by atoms with Crippen LogP contribution in [0.5, 0.6) is 11.5 Å². The van der Waals surface area contributed by atoms with Gasteiger partial charge >= 0.3 is 5.97 Å². The molecule has 7 heteroatoms. The van der Waals surface area contributed by atoms with Crippen LogP contribution in [0.4, 0.5) is 0 Å². The van der Waals surface area contributed by atoms with Gasteiger partial charge in [0.25, 0.3) is 5.91 Å². The first-order valence-electron chi connectivity index (χ1n) is 17.0. The molecule has 3 aromatic rings. The fourth-order valence-electron chi connectivity index (χ4n) is 9.07. The van der Waals surface area contributed by atoms with E-state index in [1.54, 1.807) is 7.11 Å². The van der Waals surface area contributed by atoms with Gasteiger partial charge in [-0.25, -0.2) is 0 Å². The van der Waals surface area contributed by atoms with E-state index in [-0.39, 0.29) is 47.5 Å². The van der Waals surface area contributed by atoms with Gasteiger partial charge in [-0.05, 0) is 73.4 Å². The SMILES string of the molecule is COc1ccc2c3c1O[C@H]1[C@H](N(CC(C)C)C(=O)C#Cc4ccccc4)CC[C@H]4[C@@H](C2)N(CC(OC(C)=O)c2ccccc2)CC[C@@]341. The summed E-state index contributed by atoms with van der Waals surface area (Å²) in [7, 11) is 1.71. The largest absolute Gasteiger partial charge is 0.493 e. The van der Waals surface area contributed by atoms with E-state index in [1.165, 1.54) is 18.1 Å². The summed E-state index contributed by atoms with van der Waals surface area (Å²) in [6.45, 7) is 7.90. The summed E-state index contributed by atoms with van der Waals surface area (Å²) >= 11 is 0. The van der Waals surface area contributed by atoms with Gasteiger partial charge in [0.2, 0.25) is 0 Å². The highest BCUT2D eigenvalue weighted by molar-refractivity contribution is 5.94. The van der Waals surface area contributed by atoms with E-state index in [0.717, 1.165) is 54.9 Å². The number of amides is 1. The lowest BCUT2D eigenvalue weighted by Gasteiger charge is -2.60. The Morgan fingerprint density at radius 3 is 2.49 bits per heavy atom. The minimum Gasteiger partial charge on any atom is -0.493 e. The first kappa shape index (κ1) is 31.3. The van der Waals surface area contributed by atoms with Crippen LogP contribution in [0.3, 0.4) is 0 Å². The second-order valence-corrected chi connectivity index (χ2v) is 14.0. The van der Waals surface area contributed by atoms with E-state index in [4.69, 9.17) is 14.2 Å². The molecule has 0 radical (unpaired) electrons. The molecule has 1 saturated heterocycles. The number of ether oxygens (including phenoxy) is 3. The Morgan fingerprint density at radius 1 is 1.04 bits per heavy atom. The lowest BCUT2D eigenvalue weighted by atomic mass is 9.51. The van der Waals surface area contributed by atoms with Crippen LogP contribution in [0.25, 0.3) is 0 Å². The van der Waals surface area contributed by atoms with Gasteiger partial charge in [0, 0.05) is 48.5 Å². The second-order valence-electron chi connectivity index (χ2n) is 14.0. The Labute approximate surface area is 278 Å². The van der Waals surface area contributed by atoms with Gasteiger partial charge in [-0.3, -0.25) is 14.5 Å². The molecule has 47 heavy (non-hydrogen) atoms. The molecule has 1 spiro atoms. The smallest absolute Gasteiger partial charge is 0.303 e. The van der Waals surface area contributed by atoms with E-state index in [2.05, 4.69) is 36.7 Å². The van der Waals surface area contributed by atoms with E-state index >= 15 is 0 Å². The molecule has 2 bridgehead atoms. The predicted molar refractivity (Wildman–Crippen MR) is 180 cm³/mol. The van der Waals surface area contributed by atoms with Crippen molar-refractivity contribution in [3.63, 3.8) is 0 Å². The number of hydrogen-bond donors (Lipinski definition) is 0. The summed E-state index contributed by atoms with van der Waals surface area (Å²) < 4.78 is 18.9. The highest BCUT2D eigenvalue weighted by Gasteiger charge is 2.66. The van der Waals surface area contributed by atoms with Gasteiger partial charge in [-0.1, -0.05) is 74.4 Å². The molecule has 6 atom stereocenters. The average molecular weight is 633 g/mol. The normalized spacial score (nSPS) is 25.9. The zero-order valence-electron chi connectivity index (χ0n) is 27.8. The fourth-order valence-corrected chi connectivity index (χ4v) is 9.07. The zero-order chi connectivity index (χ0) is 32.7. The van der Waals surface area contributed by atoms with Crippen LogP contribution in [-0.4, -0.2) is 66.6 Å². The molecule has 7 nitrogen and oxygen atoms in total. The van der Waals surface area contributed by atoms with Crippen molar-refractivity contribution < 1.29 is 23.8 Å². The minimum absolute atomic E-state index is 0.111. The van der Waals surface area contributed by atoms with Crippen molar-refractivity contribution in [1.82, 2.24) is 9.80 Å². The number of carbonyl (C=O) groups excluding carboxylic acids is 2. The van der Waals surface area contributed by atoms with Gasteiger partial charge in [0.15, 0.2) is 11.5 Å². The van der Waals surface area contributed by atoms with Gasteiger partial charge in [0.05, 0.1) is 13.2 Å². The molecule has 3 aromatic carbocycles. The number of benzene rings is 3. The van der Waals surface area contributed by atoms with Crippen LogP contribution < -0.4 is 9.47 Å². The predicted octanol–water partition coefficient (Wildman–Crippen LogP) is 5.94. The van der Waals surface area contributed by atoms with Crippen molar-refractivity contribution in [3.05, 3.63) is 95.1 Å². The molecule has 2 fully saturated rings. The van der Waals surface area contributed by atoms with Crippen molar-refractivity contribution in [1.29, 1.82) is 0 Å². The summed E-state index contributed by atoms with van der Waals surface area (Å²) in [4.78, 5) is 30.8. The topological polar surface area (TPSA) is 68.3 Å². The molecule has 0 N–H and O–H groups in total. The lowest BCUT2D eigenvalue weighted by Crippen LogP contribution is -2.69. The average Bonchev–Trinajstić information content (AvgIpc) is 3.42. The Morgan fingerprint density at radius 2 is 1.79 bits per heavy atom. The maximum absolute atomic E-state index is 14.0. The molecule has 4 aliphatic rings. The van der Waals surface area contributed by atoms with Crippen LogP contribution in [0, 0.1) is 23.7 Å². The number of hydrogen-bond acceptors (Lipinski definition) is 6. The third-order valence-corrected chi connectivity index (χ3v) is 10.8. The van der Waals surface area contributed by atoms with E-state index < -0.39 is 0 Å². The maximum atomic E-state index is 14.0. The Balaban J connectivity index is 1.25. The van der Waals surface area contributed by atoms with E-state index in [1.807, 2.05) is 71.6 Å². The maximum Gasteiger partial charge on any atom is 0.303 e. The number of esters is 1. The van der Waals surface area contributed by atoms with Crippen LogP contribution in [0.1, 0.15) is 68.4 Å². The van der Waals surface area contributed by atoms with Gasteiger partial charge in [-0.2, -0.15) is 0 Å². The Kier molecular flexibility index (Phi) is 8.48. The highest BCUT2D eigenvalue weighted by atomic mass is 16.5. The third-order valence-electron chi connectivity index (χ3n) is 10.8. The molecule has 2 aliphatic heterocycles. The second kappa shape index (κ2) is 12.7. The quantitative estimate of drug-likeness (QED) is 0.226. The number of piperidine rings is 1. The molecular formula is C40H44N2O5. The highest BCUT2D eigenvalue weighted by Crippen LogP contribution is 2.64. The fraction of sp³-hybridized carbons (Fsp3) is 0.450. The zero-order valence-corrected chi connectivity index (χ0v) is 27.8. The monoisotopic (exact) mass is 632 g/mol.